The number of hydrogen-bond acceptors (Lipinski definition) is 3. The first-order valence-corrected chi connectivity index (χ1v) is 8.85. The highest BCUT2D eigenvalue weighted by atomic mass is 35.5. The first-order valence-electron chi connectivity index (χ1n) is 8.47. The van der Waals surface area contributed by atoms with Gasteiger partial charge >= 0.3 is 11.9 Å². The molecule has 0 unspecified atom stereocenters. The van der Waals surface area contributed by atoms with E-state index in [0.29, 0.717) is 22.1 Å². The lowest BCUT2D eigenvalue weighted by Crippen LogP contribution is -2.24. The monoisotopic (exact) mass is 419 g/mol. The summed E-state index contributed by atoms with van der Waals surface area (Å²) in [5.74, 6) is 0.591. The van der Waals surface area contributed by atoms with Crippen LogP contribution in [0.5, 0.6) is 5.75 Å². The SMILES string of the molecule is O=c1n(-c2cccc(C(F)(F)F)c2)ccc2nc(COc3ccc(Cl)cc3)cn12. The zero-order valence-corrected chi connectivity index (χ0v) is 15.5. The summed E-state index contributed by atoms with van der Waals surface area (Å²) in [6.45, 7) is 0.117. The van der Waals surface area contributed by atoms with Crippen LogP contribution in [0, 0.1) is 0 Å². The van der Waals surface area contributed by atoms with E-state index in [-0.39, 0.29) is 12.3 Å². The van der Waals surface area contributed by atoms with Crippen molar-refractivity contribution in [3.8, 4) is 11.4 Å². The van der Waals surface area contributed by atoms with E-state index in [1.807, 2.05) is 0 Å². The molecular weight excluding hydrogens is 407 g/mol. The average molecular weight is 420 g/mol. The molecule has 0 radical (unpaired) electrons. The smallest absolute Gasteiger partial charge is 0.416 e. The number of imidazole rings is 1. The van der Waals surface area contributed by atoms with Crippen molar-refractivity contribution in [2.45, 2.75) is 12.8 Å². The summed E-state index contributed by atoms with van der Waals surface area (Å²) in [6.07, 6.45) is -1.60. The van der Waals surface area contributed by atoms with Gasteiger partial charge in [0.2, 0.25) is 0 Å². The van der Waals surface area contributed by atoms with Crippen molar-refractivity contribution < 1.29 is 17.9 Å². The quantitative estimate of drug-likeness (QED) is 0.480. The van der Waals surface area contributed by atoms with Crippen molar-refractivity contribution in [1.82, 2.24) is 14.0 Å². The van der Waals surface area contributed by atoms with Crippen LogP contribution in [0.25, 0.3) is 11.3 Å². The van der Waals surface area contributed by atoms with Gasteiger partial charge in [-0.25, -0.2) is 9.78 Å². The van der Waals surface area contributed by atoms with Crippen LogP contribution in [0.4, 0.5) is 13.2 Å². The maximum atomic E-state index is 13.0. The highest BCUT2D eigenvalue weighted by molar-refractivity contribution is 6.30. The molecule has 0 aliphatic heterocycles. The Morgan fingerprint density at radius 2 is 1.83 bits per heavy atom. The van der Waals surface area contributed by atoms with Crippen LogP contribution >= 0.6 is 11.6 Å². The van der Waals surface area contributed by atoms with Crippen LogP contribution in [0.1, 0.15) is 11.3 Å². The molecule has 5 nitrogen and oxygen atoms in total. The van der Waals surface area contributed by atoms with E-state index >= 15 is 0 Å². The summed E-state index contributed by atoms with van der Waals surface area (Å²) in [5.41, 5.74) is -0.386. The molecule has 0 spiro atoms. The van der Waals surface area contributed by atoms with Gasteiger partial charge in [0.15, 0.2) is 0 Å². The molecule has 0 aliphatic carbocycles. The van der Waals surface area contributed by atoms with E-state index in [2.05, 4.69) is 4.98 Å². The predicted molar refractivity (Wildman–Crippen MR) is 102 cm³/mol. The summed E-state index contributed by atoms with van der Waals surface area (Å²) in [4.78, 5) is 17.1. The van der Waals surface area contributed by atoms with Crippen molar-refractivity contribution in [2.24, 2.45) is 0 Å². The Labute approximate surface area is 167 Å². The first kappa shape index (κ1) is 19.1. The van der Waals surface area contributed by atoms with E-state index in [1.165, 1.54) is 28.9 Å². The molecule has 0 bridgehead atoms. The Bertz CT molecular complexity index is 1230. The number of rotatable bonds is 4. The predicted octanol–water partition coefficient (Wildman–Crippen LogP) is 4.74. The lowest BCUT2D eigenvalue weighted by Gasteiger charge is -2.10. The molecule has 0 fully saturated rings. The van der Waals surface area contributed by atoms with Crippen LogP contribution in [0.15, 0.2) is 71.8 Å². The van der Waals surface area contributed by atoms with E-state index in [1.54, 1.807) is 30.3 Å². The molecule has 2 aromatic heterocycles. The van der Waals surface area contributed by atoms with E-state index in [9.17, 15) is 18.0 Å². The van der Waals surface area contributed by atoms with Gasteiger partial charge in [-0.1, -0.05) is 17.7 Å². The van der Waals surface area contributed by atoms with Gasteiger partial charge in [-0.2, -0.15) is 13.2 Å². The normalized spacial score (nSPS) is 11.7. The Balaban J connectivity index is 1.64. The van der Waals surface area contributed by atoms with Gasteiger partial charge in [0, 0.05) is 17.4 Å². The molecule has 4 rings (SSSR count). The summed E-state index contributed by atoms with van der Waals surface area (Å²) in [7, 11) is 0. The molecular formula is C20H13ClF3N3O2. The Hall–Kier alpha value is -3.26. The number of benzene rings is 2. The maximum absolute atomic E-state index is 13.0. The number of fused-ring (bicyclic) bond motifs is 1. The minimum atomic E-state index is -4.50. The molecule has 0 saturated carbocycles. The van der Waals surface area contributed by atoms with Gasteiger partial charge in [0.25, 0.3) is 0 Å². The van der Waals surface area contributed by atoms with Crippen LogP contribution in [0.3, 0.4) is 0 Å². The summed E-state index contributed by atoms with van der Waals surface area (Å²) >= 11 is 5.83. The maximum Gasteiger partial charge on any atom is 0.416 e. The second kappa shape index (κ2) is 7.29. The van der Waals surface area contributed by atoms with Crippen molar-refractivity contribution in [1.29, 1.82) is 0 Å². The zero-order chi connectivity index (χ0) is 20.6. The number of halogens is 4. The Morgan fingerprint density at radius 1 is 1.07 bits per heavy atom. The number of hydrogen-bond donors (Lipinski definition) is 0. The summed E-state index contributed by atoms with van der Waals surface area (Å²) in [5, 5.41) is 0.584. The largest absolute Gasteiger partial charge is 0.487 e. The molecule has 0 amide bonds. The van der Waals surface area contributed by atoms with Gasteiger partial charge in [0.1, 0.15) is 18.0 Å². The van der Waals surface area contributed by atoms with Crippen LogP contribution < -0.4 is 10.4 Å². The molecule has 0 saturated heterocycles. The van der Waals surface area contributed by atoms with Gasteiger partial charge in [-0.3, -0.25) is 8.97 Å². The Morgan fingerprint density at radius 3 is 2.55 bits per heavy atom. The van der Waals surface area contributed by atoms with E-state index in [0.717, 1.165) is 16.7 Å². The topological polar surface area (TPSA) is 48.5 Å². The molecule has 0 atom stereocenters. The van der Waals surface area contributed by atoms with Crippen molar-refractivity contribution in [3.63, 3.8) is 0 Å². The second-order valence-corrected chi connectivity index (χ2v) is 6.66. The van der Waals surface area contributed by atoms with Gasteiger partial charge < -0.3 is 4.74 Å². The third-order valence-corrected chi connectivity index (χ3v) is 4.47. The van der Waals surface area contributed by atoms with Crippen molar-refractivity contribution in [2.75, 3.05) is 0 Å². The van der Waals surface area contributed by atoms with Crippen LogP contribution in [-0.2, 0) is 12.8 Å². The first-order chi connectivity index (χ1) is 13.8. The van der Waals surface area contributed by atoms with Gasteiger partial charge in [0.05, 0.1) is 16.9 Å². The fourth-order valence-electron chi connectivity index (χ4n) is 2.82. The minimum absolute atomic E-state index is 0.111. The van der Waals surface area contributed by atoms with Crippen LogP contribution in [0.2, 0.25) is 5.02 Å². The zero-order valence-electron chi connectivity index (χ0n) is 14.7. The lowest BCUT2D eigenvalue weighted by atomic mass is 10.2. The number of ether oxygens (including phenoxy) is 1. The number of alkyl halides is 3. The lowest BCUT2D eigenvalue weighted by molar-refractivity contribution is -0.137. The second-order valence-electron chi connectivity index (χ2n) is 6.22. The molecule has 0 N–H and O–H groups in total. The standard InChI is InChI=1S/C20H13ClF3N3O2/c21-14-4-6-17(7-5-14)29-12-15-11-27-18(25-15)8-9-26(19(27)28)16-3-1-2-13(10-16)20(22,23)24/h1-11H,12H2. The molecule has 9 heteroatoms. The molecule has 4 aromatic rings. The van der Waals surface area contributed by atoms with E-state index < -0.39 is 17.4 Å². The highest BCUT2D eigenvalue weighted by Crippen LogP contribution is 2.30. The summed E-state index contributed by atoms with van der Waals surface area (Å²) < 4.78 is 46.9. The van der Waals surface area contributed by atoms with Gasteiger partial charge in [-0.15, -0.1) is 0 Å². The minimum Gasteiger partial charge on any atom is -0.487 e. The molecule has 148 valence electrons. The molecule has 0 aliphatic rings. The van der Waals surface area contributed by atoms with Crippen molar-refractivity contribution in [3.05, 3.63) is 93.8 Å². The molecule has 2 aromatic carbocycles. The fraction of sp³-hybridized carbons (Fsp3) is 0.100. The van der Waals surface area contributed by atoms with Gasteiger partial charge in [-0.05, 0) is 48.5 Å². The summed E-state index contributed by atoms with van der Waals surface area (Å²) in [6, 6.07) is 12.9. The third-order valence-electron chi connectivity index (χ3n) is 4.22. The highest BCUT2D eigenvalue weighted by Gasteiger charge is 2.30. The molecule has 2 heterocycles. The average Bonchev–Trinajstić information content (AvgIpc) is 3.11. The third kappa shape index (κ3) is 3.97. The van der Waals surface area contributed by atoms with Crippen molar-refractivity contribution >= 4 is 17.2 Å². The fourth-order valence-corrected chi connectivity index (χ4v) is 2.95. The van der Waals surface area contributed by atoms with E-state index in [4.69, 9.17) is 16.3 Å². The Kier molecular flexibility index (Phi) is 4.79. The number of aromatic nitrogens is 3. The van der Waals surface area contributed by atoms with Crippen LogP contribution in [-0.4, -0.2) is 14.0 Å². The molecule has 29 heavy (non-hydrogen) atoms. The number of nitrogens with zero attached hydrogens (tertiary/aromatic N) is 3.